The number of fused-ring (bicyclic) bond motifs is 11. The van der Waals surface area contributed by atoms with Gasteiger partial charge in [0, 0.05) is 54.7 Å². The first-order valence-corrected chi connectivity index (χ1v) is 24.1. The van der Waals surface area contributed by atoms with Crippen molar-refractivity contribution in [1.29, 1.82) is 0 Å². The minimum atomic E-state index is -1.21. The average Bonchev–Trinajstić information content (AvgIpc) is 4.03. The Labute approximate surface area is 420 Å². The van der Waals surface area contributed by atoms with Crippen molar-refractivity contribution < 1.29 is 66.5 Å². The Morgan fingerprint density at radius 1 is 0.625 bits per heavy atom. The van der Waals surface area contributed by atoms with Gasteiger partial charge in [-0.1, -0.05) is 24.8 Å². The fourth-order valence-electron chi connectivity index (χ4n) is 9.08. The van der Waals surface area contributed by atoms with Crippen molar-refractivity contribution in [2.45, 2.75) is 58.8 Å². The molecule has 3 aromatic heterocycles. The number of aromatic nitrogens is 4. The highest BCUT2D eigenvalue weighted by Crippen LogP contribution is 2.52. The van der Waals surface area contributed by atoms with E-state index in [1.807, 2.05) is 52.0 Å². The van der Waals surface area contributed by atoms with E-state index >= 15 is 0 Å². The molecule has 3 aromatic rings. The number of methoxy groups -OCH3 is 4. The van der Waals surface area contributed by atoms with Crippen LogP contribution in [0.2, 0.25) is 0 Å². The van der Waals surface area contributed by atoms with Gasteiger partial charge in [-0.15, -0.1) is 0 Å². The highest BCUT2D eigenvalue weighted by atomic mass is 16.6. The van der Waals surface area contributed by atoms with Gasteiger partial charge in [-0.25, -0.2) is 9.78 Å². The average molecular weight is 997 g/mol. The van der Waals surface area contributed by atoms with Crippen LogP contribution in [0.5, 0.6) is 0 Å². The normalized spacial score (nSPS) is 16.2. The molecule has 388 valence electrons. The Bertz CT molecular complexity index is 2730. The highest BCUT2D eigenvalue weighted by molar-refractivity contribution is 6.02. The number of carbonyl (C=O) groups excluding carboxylic acids is 4. The summed E-state index contributed by atoms with van der Waals surface area (Å²) in [7, 11) is 5.77. The number of allylic oxidation sites excluding steroid dienone is 5. The molecular weight excluding hydrogens is 929 g/mol. The number of nitrogens with one attached hydrogen (secondary N) is 2. The molecule has 72 heavy (non-hydrogen) atoms. The third-order valence-corrected chi connectivity index (χ3v) is 13.1. The predicted molar refractivity (Wildman–Crippen MR) is 270 cm³/mol. The molecule has 2 aliphatic heterocycles. The zero-order valence-corrected chi connectivity index (χ0v) is 42.7. The lowest BCUT2D eigenvalue weighted by Crippen LogP contribution is -2.42. The Hall–Kier alpha value is -6.28. The molecule has 0 amide bonds. The maximum Gasteiger partial charge on any atom is 0.334 e. The number of rotatable bonds is 27. The first kappa shape index (κ1) is 55.0. The van der Waals surface area contributed by atoms with E-state index in [4.69, 9.17) is 57.3 Å². The van der Waals surface area contributed by atoms with Crippen LogP contribution in [-0.4, -0.2) is 152 Å². The number of aryl methyl sites for hydroxylation is 3. The molecule has 0 radical (unpaired) electrons. The van der Waals surface area contributed by atoms with Gasteiger partial charge in [-0.05, 0) is 98.2 Å². The molecule has 5 heterocycles. The SMILES string of the molecule is C=Cc1c(C)c2cc3nc(cc4[nH]c(cc5nc(cc1[nH]2)C(C)=C5CCC(=O)OCCOCCOCCOC)c(CCC(=O)OCCOCCOCCOC)c4C)[C@@]1(C)C3=CC=C(C(=O)OC)[C@H]1C(=O)OC. The highest BCUT2D eigenvalue weighted by Gasteiger charge is 2.53. The third-order valence-electron chi connectivity index (χ3n) is 13.1. The summed E-state index contributed by atoms with van der Waals surface area (Å²) in [6, 6.07) is 7.69. The second kappa shape index (κ2) is 26.4. The predicted octanol–water partition coefficient (Wildman–Crippen LogP) is 6.91. The van der Waals surface area contributed by atoms with Gasteiger partial charge in [0.1, 0.15) is 19.1 Å². The number of esters is 4. The van der Waals surface area contributed by atoms with Gasteiger partial charge in [0.25, 0.3) is 0 Å². The number of hydrogen-bond acceptors (Lipinski definition) is 16. The number of hydrogen-bond donors (Lipinski definition) is 2. The molecule has 0 saturated heterocycles. The lowest BCUT2D eigenvalue weighted by Gasteiger charge is -2.36. The van der Waals surface area contributed by atoms with Crippen molar-refractivity contribution >= 4 is 68.7 Å². The number of carbonyl (C=O) groups is 4. The zero-order valence-electron chi connectivity index (χ0n) is 42.7. The largest absolute Gasteiger partial charge is 0.469 e. The number of H-pyrrole nitrogens is 2. The van der Waals surface area contributed by atoms with Gasteiger partial charge in [0.2, 0.25) is 0 Å². The molecule has 18 heteroatoms. The lowest BCUT2D eigenvalue weighted by atomic mass is 9.64. The van der Waals surface area contributed by atoms with Gasteiger partial charge in [0.05, 0.1) is 114 Å². The van der Waals surface area contributed by atoms with E-state index in [1.54, 1.807) is 32.4 Å². The van der Waals surface area contributed by atoms with Crippen molar-refractivity contribution in [3.63, 3.8) is 0 Å². The Morgan fingerprint density at radius 2 is 1.17 bits per heavy atom. The van der Waals surface area contributed by atoms with Crippen LogP contribution in [0, 0.1) is 19.8 Å². The lowest BCUT2D eigenvalue weighted by molar-refractivity contribution is -0.149. The van der Waals surface area contributed by atoms with Crippen molar-refractivity contribution in [3.05, 3.63) is 93.6 Å². The Balaban J connectivity index is 1.43. The summed E-state index contributed by atoms with van der Waals surface area (Å²) in [6.45, 7) is 15.9. The fourth-order valence-corrected chi connectivity index (χ4v) is 9.08. The third kappa shape index (κ3) is 13.0. The summed E-state index contributed by atoms with van der Waals surface area (Å²) in [5.74, 6) is -3.23. The molecule has 0 fully saturated rings. The quantitative estimate of drug-likeness (QED) is 0.0451. The van der Waals surface area contributed by atoms with Crippen LogP contribution >= 0.6 is 0 Å². The summed E-state index contributed by atoms with van der Waals surface area (Å²) < 4.78 is 53.6. The Morgan fingerprint density at radius 3 is 1.75 bits per heavy atom. The minimum Gasteiger partial charge on any atom is -0.469 e. The molecule has 2 atom stereocenters. The molecule has 1 aliphatic carbocycles. The monoisotopic (exact) mass is 996 g/mol. The van der Waals surface area contributed by atoms with Crippen LogP contribution in [0.3, 0.4) is 0 Å². The minimum absolute atomic E-state index is 0.0452. The molecule has 3 aliphatic rings. The summed E-state index contributed by atoms with van der Waals surface area (Å²) in [6.07, 6.45) is 5.91. The molecule has 8 bridgehead atoms. The maximum absolute atomic E-state index is 13.9. The summed E-state index contributed by atoms with van der Waals surface area (Å²) in [4.78, 5) is 71.4. The van der Waals surface area contributed by atoms with Gasteiger partial charge in [0.15, 0.2) is 0 Å². The number of ether oxygens (including phenoxy) is 10. The van der Waals surface area contributed by atoms with Crippen LogP contribution in [0.25, 0.3) is 44.9 Å². The van der Waals surface area contributed by atoms with Gasteiger partial charge >= 0.3 is 23.9 Å². The fraction of sp³-hybridized carbons (Fsp3) is 0.481. The summed E-state index contributed by atoms with van der Waals surface area (Å²) >= 11 is 0. The van der Waals surface area contributed by atoms with Crippen LogP contribution in [0.15, 0.2) is 48.6 Å². The zero-order chi connectivity index (χ0) is 51.8. The molecule has 0 saturated carbocycles. The first-order valence-electron chi connectivity index (χ1n) is 24.1. The van der Waals surface area contributed by atoms with E-state index in [9.17, 15) is 19.2 Å². The van der Waals surface area contributed by atoms with Gasteiger partial charge < -0.3 is 57.3 Å². The molecule has 2 N–H and O–H groups in total. The van der Waals surface area contributed by atoms with Crippen molar-refractivity contribution in [2.75, 3.05) is 108 Å². The van der Waals surface area contributed by atoms with Gasteiger partial charge in [-0.3, -0.25) is 19.4 Å². The smallest absolute Gasteiger partial charge is 0.334 e. The van der Waals surface area contributed by atoms with Crippen molar-refractivity contribution in [2.24, 2.45) is 5.92 Å². The molecule has 6 rings (SSSR count). The second-order valence-electron chi connectivity index (χ2n) is 17.4. The van der Waals surface area contributed by atoms with E-state index in [2.05, 4.69) is 16.5 Å². The number of nitrogens with zero attached hydrogens (tertiary/aromatic N) is 2. The van der Waals surface area contributed by atoms with Crippen LogP contribution in [-0.2, 0) is 78.4 Å². The van der Waals surface area contributed by atoms with Crippen LogP contribution in [0.1, 0.15) is 78.1 Å². The van der Waals surface area contributed by atoms with E-state index in [-0.39, 0.29) is 57.2 Å². The molecule has 0 aromatic carbocycles. The van der Waals surface area contributed by atoms with Crippen LogP contribution < -0.4 is 0 Å². The second-order valence-corrected chi connectivity index (χ2v) is 17.4. The number of aromatic amines is 2. The molecular formula is C54H68N4O14. The summed E-state index contributed by atoms with van der Waals surface area (Å²) in [5, 5.41) is 0. The van der Waals surface area contributed by atoms with E-state index in [0.29, 0.717) is 98.7 Å². The molecule has 18 nitrogen and oxygen atoms in total. The topological polar surface area (TPSA) is 218 Å². The van der Waals surface area contributed by atoms with Crippen LogP contribution in [0.4, 0.5) is 0 Å². The van der Waals surface area contributed by atoms with Crippen molar-refractivity contribution in [3.8, 4) is 0 Å². The Kier molecular flexibility index (Phi) is 20.2. The van der Waals surface area contributed by atoms with Gasteiger partial charge in [-0.2, -0.15) is 0 Å². The van der Waals surface area contributed by atoms with Crippen molar-refractivity contribution in [1.82, 2.24) is 19.9 Å². The standard InChI is InChI=1S/C54H68N4O14/c1-10-36-33(2)42-30-47-40-14-11-39(52(61)65-8)51(53(62)66-9)54(40,5)48(58-47)32-43-35(4)38(13-16-50(60)72-28-26-70-24-22-68-20-18-64-7)46(57-43)31-45-37(34(3)41(56-45)29-44(36)55-42)12-15-49(59)71-27-25-69-23-21-67-19-17-63-6/h10-11,14,29-32,51,55,57H,1,12-13,15-28H2,2-9H3/t51-,54+/m0/s1. The molecule has 0 unspecified atom stereocenters. The maximum atomic E-state index is 13.9. The first-order chi connectivity index (χ1) is 34.8. The summed E-state index contributed by atoms with van der Waals surface area (Å²) in [5.41, 5.74) is 9.81. The van der Waals surface area contributed by atoms with E-state index < -0.39 is 29.2 Å². The van der Waals surface area contributed by atoms with E-state index in [0.717, 1.165) is 44.4 Å². The molecule has 0 spiro atoms. The van der Waals surface area contributed by atoms with E-state index in [1.165, 1.54) is 14.2 Å².